The summed E-state index contributed by atoms with van der Waals surface area (Å²) in [6.07, 6.45) is 0. The van der Waals surface area contributed by atoms with Crippen molar-refractivity contribution in [2.24, 2.45) is 5.92 Å². The molecule has 5 nitrogen and oxygen atoms in total. The van der Waals surface area contributed by atoms with Gasteiger partial charge in [-0.05, 0) is 20.8 Å². The standard InChI is InChI=1S/C7H10O3.2H2O/c1-4(8)7(5(2)9)6(3)10;;/h7H,1-3H3;2*1H2. The van der Waals surface area contributed by atoms with E-state index in [1.54, 1.807) is 0 Å². The van der Waals surface area contributed by atoms with Crippen molar-refractivity contribution >= 4 is 17.3 Å². The molecular formula is C7H14O5. The second kappa shape index (κ2) is 6.63. The van der Waals surface area contributed by atoms with Gasteiger partial charge in [0, 0.05) is 0 Å². The van der Waals surface area contributed by atoms with Crippen LogP contribution in [0, 0.1) is 5.92 Å². The van der Waals surface area contributed by atoms with Gasteiger partial charge in [-0.3, -0.25) is 14.4 Å². The van der Waals surface area contributed by atoms with E-state index >= 15 is 0 Å². The van der Waals surface area contributed by atoms with Crippen LogP contribution in [-0.2, 0) is 14.4 Å². The highest BCUT2D eigenvalue weighted by Crippen LogP contribution is 2.00. The van der Waals surface area contributed by atoms with Crippen LogP contribution in [0.2, 0.25) is 0 Å². The minimum atomic E-state index is -1.03. The first-order valence-corrected chi connectivity index (χ1v) is 2.98. The first kappa shape index (κ1) is 17.1. The van der Waals surface area contributed by atoms with Gasteiger partial charge in [0.15, 0.2) is 0 Å². The molecule has 0 spiro atoms. The quantitative estimate of drug-likeness (QED) is 0.501. The number of rotatable bonds is 3. The lowest BCUT2D eigenvalue weighted by atomic mass is 9.97. The minimum absolute atomic E-state index is 0. The van der Waals surface area contributed by atoms with Gasteiger partial charge in [0.05, 0.1) is 0 Å². The molecular weight excluding hydrogens is 164 g/mol. The van der Waals surface area contributed by atoms with Crippen molar-refractivity contribution in [3.05, 3.63) is 0 Å². The summed E-state index contributed by atoms with van der Waals surface area (Å²) >= 11 is 0. The van der Waals surface area contributed by atoms with Crippen molar-refractivity contribution in [1.82, 2.24) is 0 Å². The third-order valence-corrected chi connectivity index (χ3v) is 1.22. The summed E-state index contributed by atoms with van der Waals surface area (Å²) in [7, 11) is 0. The van der Waals surface area contributed by atoms with Gasteiger partial charge in [-0.2, -0.15) is 0 Å². The van der Waals surface area contributed by atoms with Gasteiger partial charge in [-0.15, -0.1) is 0 Å². The Hall–Kier alpha value is -1.07. The molecule has 72 valence electrons. The molecule has 0 radical (unpaired) electrons. The van der Waals surface area contributed by atoms with E-state index in [-0.39, 0.29) is 28.3 Å². The van der Waals surface area contributed by atoms with Crippen LogP contribution in [0.3, 0.4) is 0 Å². The lowest BCUT2D eigenvalue weighted by Crippen LogP contribution is -2.26. The monoisotopic (exact) mass is 178 g/mol. The van der Waals surface area contributed by atoms with Crippen LogP contribution in [0.4, 0.5) is 0 Å². The summed E-state index contributed by atoms with van der Waals surface area (Å²) in [5.74, 6) is -2.15. The SMILES string of the molecule is CC(=O)C(C(C)=O)C(C)=O.O.O. The van der Waals surface area contributed by atoms with Crippen LogP contribution in [0.5, 0.6) is 0 Å². The molecule has 0 heterocycles. The maximum Gasteiger partial charge on any atom is 0.147 e. The molecule has 5 heteroatoms. The molecule has 0 aromatic carbocycles. The topological polar surface area (TPSA) is 114 Å². The Morgan fingerprint density at radius 3 is 0.917 bits per heavy atom. The van der Waals surface area contributed by atoms with E-state index in [0.29, 0.717) is 0 Å². The Morgan fingerprint density at radius 1 is 0.750 bits per heavy atom. The fraction of sp³-hybridized carbons (Fsp3) is 0.571. The van der Waals surface area contributed by atoms with Crippen molar-refractivity contribution in [3.8, 4) is 0 Å². The summed E-state index contributed by atoms with van der Waals surface area (Å²) in [6.45, 7) is 3.73. The zero-order valence-electron chi connectivity index (χ0n) is 7.30. The number of ketones is 3. The molecule has 0 amide bonds. The normalized spacial score (nSPS) is 8.00. The molecule has 0 aliphatic rings. The van der Waals surface area contributed by atoms with E-state index < -0.39 is 5.92 Å². The Morgan fingerprint density at radius 2 is 0.917 bits per heavy atom. The average Bonchev–Trinajstić information content (AvgIpc) is 1.59. The zero-order chi connectivity index (χ0) is 8.31. The summed E-state index contributed by atoms with van der Waals surface area (Å²) in [4.78, 5) is 31.8. The summed E-state index contributed by atoms with van der Waals surface area (Å²) in [5, 5.41) is 0. The number of Topliss-reactive ketones (excluding diaryl/α,β-unsaturated/α-hetero) is 3. The van der Waals surface area contributed by atoms with E-state index in [0.717, 1.165) is 0 Å². The molecule has 0 aromatic heterocycles. The van der Waals surface area contributed by atoms with E-state index in [4.69, 9.17) is 0 Å². The molecule has 0 aromatic rings. The van der Waals surface area contributed by atoms with Gasteiger partial charge in [0.25, 0.3) is 0 Å². The van der Waals surface area contributed by atoms with Crippen molar-refractivity contribution in [1.29, 1.82) is 0 Å². The highest BCUT2D eigenvalue weighted by atomic mass is 16.2. The summed E-state index contributed by atoms with van der Waals surface area (Å²) < 4.78 is 0. The number of hydrogen-bond acceptors (Lipinski definition) is 3. The highest BCUT2D eigenvalue weighted by Gasteiger charge is 2.23. The molecule has 0 unspecified atom stereocenters. The Kier molecular flexibility index (Phi) is 9.47. The molecule has 0 saturated heterocycles. The first-order chi connectivity index (χ1) is 4.46. The summed E-state index contributed by atoms with van der Waals surface area (Å²) in [5.41, 5.74) is 0. The molecule has 0 bridgehead atoms. The Labute approximate surface area is 70.4 Å². The van der Waals surface area contributed by atoms with E-state index in [9.17, 15) is 14.4 Å². The van der Waals surface area contributed by atoms with Crippen LogP contribution < -0.4 is 0 Å². The van der Waals surface area contributed by atoms with Crippen molar-refractivity contribution in [2.75, 3.05) is 0 Å². The smallest absolute Gasteiger partial charge is 0.147 e. The fourth-order valence-corrected chi connectivity index (χ4v) is 0.859. The summed E-state index contributed by atoms with van der Waals surface area (Å²) in [6, 6.07) is 0. The van der Waals surface area contributed by atoms with Gasteiger partial charge in [0.2, 0.25) is 0 Å². The van der Waals surface area contributed by atoms with Crippen LogP contribution in [0.15, 0.2) is 0 Å². The number of carbonyl (C=O) groups excluding carboxylic acids is 3. The second-order valence-electron chi connectivity index (χ2n) is 2.26. The van der Waals surface area contributed by atoms with Crippen LogP contribution in [-0.4, -0.2) is 28.3 Å². The molecule has 0 saturated carbocycles. The third-order valence-electron chi connectivity index (χ3n) is 1.22. The Bertz CT molecular complexity index is 151. The van der Waals surface area contributed by atoms with Gasteiger partial charge < -0.3 is 11.0 Å². The minimum Gasteiger partial charge on any atom is -0.412 e. The molecule has 12 heavy (non-hydrogen) atoms. The largest absolute Gasteiger partial charge is 0.412 e. The maximum atomic E-state index is 10.6. The fourth-order valence-electron chi connectivity index (χ4n) is 0.859. The van der Waals surface area contributed by atoms with E-state index in [1.807, 2.05) is 0 Å². The van der Waals surface area contributed by atoms with Gasteiger partial charge in [-0.1, -0.05) is 0 Å². The van der Waals surface area contributed by atoms with Crippen LogP contribution >= 0.6 is 0 Å². The van der Waals surface area contributed by atoms with Gasteiger partial charge in [0.1, 0.15) is 23.3 Å². The van der Waals surface area contributed by atoms with Gasteiger partial charge >= 0.3 is 0 Å². The third kappa shape index (κ3) is 4.70. The maximum absolute atomic E-state index is 10.6. The van der Waals surface area contributed by atoms with Gasteiger partial charge in [-0.25, -0.2) is 0 Å². The predicted octanol–water partition coefficient (Wildman–Crippen LogP) is -1.28. The van der Waals surface area contributed by atoms with E-state index in [1.165, 1.54) is 20.8 Å². The number of carbonyl (C=O) groups is 3. The van der Waals surface area contributed by atoms with Crippen molar-refractivity contribution in [2.45, 2.75) is 20.8 Å². The average molecular weight is 178 g/mol. The second-order valence-corrected chi connectivity index (χ2v) is 2.26. The van der Waals surface area contributed by atoms with Crippen LogP contribution in [0.1, 0.15) is 20.8 Å². The molecule has 4 N–H and O–H groups in total. The highest BCUT2D eigenvalue weighted by molar-refractivity contribution is 6.17. The molecule has 0 aliphatic carbocycles. The molecule has 0 fully saturated rings. The number of hydrogen-bond donors (Lipinski definition) is 0. The van der Waals surface area contributed by atoms with Crippen molar-refractivity contribution in [3.63, 3.8) is 0 Å². The molecule has 0 atom stereocenters. The van der Waals surface area contributed by atoms with E-state index in [2.05, 4.69) is 0 Å². The first-order valence-electron chi connectivity index (χ1n) is 2.98. The lowest BCUT2D eigenvalue weighted by Gasteiger charge is -2.02. The van der Waals surface area contributed by atoms with Crippen LogP contribution in [0.25, 0.3) is 0 Å². The molecule has 0 rings (SSSR count). The lowest BCUT2D eigenvalue weighted by molar-refractivity contribution is -0.137. The Balaban J connectivity index is -0.000000405. The zero-order valence-corrected chi connectivity index (χ0v) is 7.30. The molecule has 0 aliphatic heterocycles. The van der Waals surface area contributed by atoms with Crippen molar-refractivity contribution < 1.29 is 25.3 Å². The predicted molar refractivity (Wildman–Crippen MR) is 42.8 cm³/mol.